The Balaban J connectivity index is 2.83. The topological polar surface area (TPSA) is 71.2 Å². The SMILES string of the molecule is CCOC(=O)/C(N=Nc1ccc(SC(F)F)cc1)=C(\C)O. The summed E-state index contributed by atoms with van der Waals surface area (Å²) in [4.78, 5) is 11.9. The highest BCUT2D eigenvalue weighted by molar-refractivity contribution is 7.99. The number of nitrogens with zero attached hydrogens (tertiary/aromatic N) is 2. The number of azo groups is 1. The molecule has 0 saturated carbocycles. The first-order chi connectivity index (χ1) is 9.93. The van der Waals surface area contributed by atoms with Crippen LogP contribution in [0.4, 0.5) is 14.5 Å². The number of thioether (sulfide) groups is 1. The summed E-state index contributed by atoms with van der Waals surface area (Å²) in [7, 11) is 0. The number of halogens is 2. The minimum absolute atomic E-state index is 0.144. The molecule has 1 aromatic carbocycles. The summed E-state index contributed by atoms with van der Waals surface area (Å²) in [5, 5.41) is 16.8. The van der Waals surface area contributed by atoms with E-state index in [0.29, 0.717) is 22.3 Å². The molecular formula is C13H14F2N2O3S. The predicted molar refractivity (Wildman–Crippen MR) is 74.8 cm³/mol. The maximum Gasteiger partial charge on any atom is 0.362 e. The van der Waals surface area contributed by atoms with Crippen molar-refractivity contribution in [3.63, 3.8) is 0 Å². The number of hydrogen-bond donors (Lipinski definition) is 1. The van der Waals surface area contributed by atoms with Gasteiger partial charge in [0.1, 0.15) is 5.76 Å². The molecule has 0 aliphatic rings. The molecule has 1 N–H and O–H groups in total. The van der Waals surface area contributed by atoms with Crippen molar-refractivity contribution in [1.82, 2.24) is 0 Å². The Morgan fingerprint density at radius 3 is 2.48 bits per heavy atom. The van der Waals surface area contributed by atoms with Gasteiger partial charge in [0.15, 0.2) is 0 Å². The number of ether oxygens (including phenoxy) is 1. The molecule has 0 aromatic heterocycles. The van der Waals surface area contributed by atoms with Gasteiger partial charge in [0.05, 0.1) is 12.3 Å². The van der Waals surface area contributed by atoms with Crippen LogP contribution in [0.15, 0.2) is 50.8 Å². The molecule has 0 aliphatic heterocycles. The van der Waals surface area contributed by atoms with Gasteiger partial charge in [0.25, 0.3) is 5.76 Å². The van der Waals surface area contributed by atoms with E-state index in [4.69, 9.17) is 4.74 Å². The number of aliphatic hydroxyl groups is 1. The van der Waals surface area contributed by atoms with Crippen LogP contribution in [0.2, 0.25) is 0 Å². The van der Waals surface area contributed by atoms with Crippen LogP contribution >= 0.6 is 11.8 Å². The number of rotatable bonds is 6. The van der Waals surface area contributed by atoms with E-state index in [1.807, 2.05) is 0 Å². The molecule has 1 aromatic rings. The van der Waals surface area contributed by atoms with Crippen LogP contribution in [-0.2, 0) is 9.53 Å². The van der Waals surface area contributed by atoms with Gasteiger partial charge >= 0.3 is 5.97 Å². The third kappa shape index (κ3) is 5.90. The van der Waals surface area contributed by atoms with Crippen molar-refractivity contribution < 1.29 is 23.4 Å². The second-order valence-electron chi connectivity index (χ2n) is 3.73. The predicted octanol–water partition coefficient (Wildman–Crippen LogP) is 4.44. The zero-order valence-electron chi connectivity index (χ0n) is 11.4. The molecule has 5 nitrogen and oxygen atoms in total. The molecule has 0 spiro atoms. The maximum atomic E-state index is 12.2. The van der Waals surface area contributed by atoms with Gasteiger partial charge in [-0.3, -0.25) is 0 Å². The van der Waals surface area contributed by atoms with E-state index in [9.17, 15) is 18.7 Å². The van der Waals surface area contributed by atoms with Crippen molar-refractivity contribution in [1.29, 1.82) is 0 Å². The Hall–Kier alpha value is -1.96. The quantitative estimate of drug-likeness (QED) is 0.277. The van der Waals surface area contributed by atoms with E-state index >= 15 is 0 Å². The lowest BCUT2D eigenvalue weighted by Crippen LogP contribution is -2.07. The summed E-state index contributed by atoms with van der Waals surface area (Å²) in [5.74, 6) is -3.60. The van der Waals surface area contributed by atoms with Crippen LogP contribution in [0.3, 0.4) is 0 Å². The zero-order valence-corrected chi connectivity index (χ0v) is 12.2. The lowest BCUT2D eigenvalue weighted by atomic mass is 10.3. The molecule has 0 aliphatic carbocycles. The summed E-state index contributed by atoms with van der Waals surface area (Å²) >= 11 is 0.419. The molecular weight excluding hydrogens is 302 g/mol. The number of carbonyl (C=O) groups excluding carboxylic acids is 1. The van der Waals surface area contributed by atoms with Gasteiger partial charge in [-0.1, -0.05) is 11.8 Å². The van der Waals surface area contributed by atoms with E-state index in [0.717, 1.165) is 0 Å². The Labute approximate surface area is 124 Å². The summed E-state index contributed by atoms with van der Waals surface area (Å²) in [6.45, 7) is 3.05. The van der Waals surface area contributed by atoms with Crippen molar-refractivity contribution in [2.45, 2.75) is 24.5 Å². The van der Waals surface area contributed by atoms with Crippen molar-refractivity contribution >= 4 is 23.4 Å². The summed E-state index contributed by atoms with van der Waals surface area (Å²) < 4.78 is 29.0. The van der Waals surface area contributed by atoms with Crippen LogP contribution in [0.25, 0.3) is 0 Å². The average Bonchev–Trinajstić information content (AvgIpc) is 2.40. The Morgan fingerprint density at radius 1 is 1.38 bits per heavy atom. The molecule has 0 atom stereocenters. The van der Waals surface area contributed by atoms with Gasteiger partial charge in [-0.15, -0.1) is 5.11 Å². The number of aliphatic hydroxyl groups excluding tert-OH is 1. The third-order valence-corrected chi connectivity index (χ3v) is 2.86. The molecule has 0 saturated heterocycles. The third-order valence-electron chi connectivity index (χ3n) is 2.14. The minimum atomic E-state index is -2.49. The first-order valence-corrected chi connectivity index (χ1v) is 6.85. The highest BCUT2D eigenvalue weighted by atomic mass is 32.2. The van der Waals surface area contributed by atoms with Crippen molar-refractivity contribution in [2.75, 3.05) is 6.61 Å². The second kappa shape index (κ2) is 8.35. The van der Waals surface area contributed by atoms with E-state index in [2.05, 4.69) is 10.2 Å². The zero-order chi connectivity index (χ0) is 15.8. The fourth-order valence-electron chi connectivity index (χ4n) is 1.26. The molecule has 0 unspecified atom stereocenters. The van der Waals surface area contributed by atoms with Crippen LogP contribution in [0.1, 0.15) is 13.8 Å². The summed E-state index contributed by atoms with van der Waals surface area (Å²) in [6.07, 6.45) is 0. The number of alkyl halides is 2. The fourth-order valence-corrected chi connectivity index (χ4v) is 1.76. The van der Waals surface area contributed by atoms with Crippen LogP contribution in [-0.4, -0.2) is 23.4 Å². The molecule has 0 heterocycles. The largest absolute Gasteiger partial charge is 0.510 e. The normalized spacial score (nSPS) is 12.6. The molecule has 21 heavy (non-hydrogen) atoms. The molecule has 8 heteroatoms. The van der Waals surface area contributed by atoms with Gasteiger partial charge in [-0.05, 0) is 38.1 Å². The number of carbonyl (C=O) groups is 1. The smallest absolute Gasteiger partial charge is 0.362 e. The van der Waals surface area contributed by atoms with Crippen LogP contribution in [0.5, 0.6) is 0 Å². The Bertz CT molecular complexity index is 541. The first-order valence-electron chi connectivity index (χ1n) is 5.97. The summed E-state index contributed by atoms with van der Waals surface area (Å²) in [5.41, 5.74) is 0.0551. The lowest BCUT2D eigenvalue weighted by Gasteiger charge is -2.02. The molecule has 1 rings (SSSR count). The molecule has 0 fully saturated rings. The monoisotopic (exact) mass is 316 g/mol. The fraction of sp³-hybridized carbons (Fsp3) is 0.308. The van der Waals surface area contributed by atoms with E-state index in [1.165, 1.54) is 31.2 Å². The molecule has 0 radical (unpaired) electrons. The van der Waals surface area contributed by atoms with Crippen LogP contribution < -0.4 is 0 Å². The molecule has 0 bridgehead atoms. The first kappa shape index (κ1) is 17.1. The maximum absolute atomic E-state index is 12.2. The van der Waals surface area contributed by atoms with Gasteiger partial charge < -0.3 is 9.84 Å². The van der Waals surface area contributed by atoms with Crippen LogP contribution in [0, 0.1) is 0 Å². The van der Waals surface area contributed by atoms with Gasteiger partial charge in [0.2, 0.25) is 5.70 Å². The number of hydrogen-bond acceptors (Lipinski definition) is 6. The molecule has 114 valence electrons. The van der Waals surface area contributed by atoms with E-state index < -0.39 is 11.7 Å². The Kier molecular flexibility index (Phi) is 6.80. The highest BCUT2D eigenvalue weighted by Crippen LogP contribution is 2.27. The highest BCUT2D eigenvalue weighted by Gasteiger charge is 2.13. The van der Waals surface area contributed by atoms with Gasteiger partial charge in [-0.2, -0.15) is 13.9 Å². The standard InChI is InChI=1S/C13H14F2N2O3S/c1-3-20-12(19)11(8(2)18)17-16-9-4-6-10(7-5-9)21-13(14)15/h4-7,13,18H,3H2,1-2H3/b11-8-,17-16?. The molecule has 0 amide bonds. The summed E-state index contributed by atoms with van der Waals surface area (Å²) in [6, 6.07) is 5.88. The number of esters is 1. The van der Waals surface area contributed by atoms with Crippen molar-refractivity contribution in [2.24, 2.45) is 10.2 Å². The second-order valence-corrected chi connectivity index (χ2v) is 4.79. The van der Waals surface area contributed by atoms with E-state index in [1.54, 1.807) is 6.92 Å². The lowest BCUT2D eigenvalue weighted by molar-refractivity contribution is -0.138. The number of benzene rings is 1. The Morgan fingerprint density at radius 2 is 2.00 bits per heavy atom. The van der Waals surface area contributed by atoms with Gasteiger partial charge in [0, 0.05) is 4.90 Å². The number of allylic oxidation sites excluding steroid dienone is 1. The average molecular weight is 316 g/mol. The minimum Gasteiger partial charge on any atom is -0.510 e. The van der Waals surface area contributed by atoms with Crippen molar-refractivity contribution in [3.05, 3.63) is 35.7 Å². The van der Waals surface area contributed by atoms with Gasteiger partial charge in [-0.25, -0.2) is 4.79 Å². The van der Waals surface area contributed by atoms with E-state index in [-0.39, 0.29) is 18.1 Å². The van der Waals surface area contributed by atoms with Crippen molar-refractivity contribution in [3.8, 4) is 0 Å².